The van der Waals surface area contributed by atoms with E-state index in [2.05, 4.69) is 5.16 Å². The normalized spacial score (nSPS) is 15.6. The highest BCUT2D eigenvalue weighted by atomic mass is 19.4. The Morgan fingerprint density at radius 1 is 0.971 bits per heavy atom. The average molecular weight is 474 g/mol. The Bertz CT molecular complexity index is 1190. The molecule has 1 aliphatic heterocycles. The van der Waals surface area contributed by atoms with Crippen molar-refractivity contribution in [3.63, 3.8) is 0 Å². The number of amides is 1. The Balaban J connectivity index is 1.53. The van der Waals surface area contributed by atoms with Crippen molar-refractivity contribution in [2.75, 3.05) is 6.54 Å². The molecule has 0 fully saturated rings. The summed E-state index contributed by atoms with van der Waals surface area (Å²) in [7, 11) is 0. The summed E-state index contributed by atoms with van der Waals surface area (Å²) in [5.41, 5.74) is 0.707. The lowest BCUT2D eigenvalue weighted by Gasteiger charge is -2.25. The number of hydrogen-bond donors (Lipinski definition) is 0. The zero-order chi connectivity index (χ0) is 24.3. The second-order valence-electron chi connectivity index (χ2n) is 7.84. The van der Waals surface area contributed by atoms with E-state index >= 15 is 0 Å². The lowest BCUT2D eigenvalue weighted by Crippen LogP contribution is -2.37. The van der Waals surface area contributed by atoms with E-state index in [0.29, 0.717) is 23.3 Å². The highest BCUT2D eigenvalue weighted by Crippen LogP contribution is 2.29. The minimum Gasteiger partial charge on any atom is -0.390 e. The van der Waals surface area contributed by atoms with Crippen molar-refractivity contribution in [1.29, 1.82) is 0 Å². The lowest BCUT2D eigenvalue weighted by molar-refractivity contribution is -0.137. The van der Waals surface area contributed by atoms with Gasteiger partial charge in [0.05, 0.1) is 23.4 Å². The quantitative estimate of drug-likeness (QED) is 0.423. The van der Waals surface area contributed by atoms with E-state index < -0.39 is 35.4 Å². The number of nitrogens with zero attached hydrogens (tertiary/aromatic N) is 2. The van der Waals surface area contributed by atoms with Crippen LogP contribution in [0, 0.1) is 11.6 Å². The van der Waals surface area contributed by atoms with Gasteiger partial charge >= 0.3 is 6.18 Å². The first kappa shape index (κ1) is 23.4. The number of carbonyl (C=O) groups excluding carboxylic acids is 1. The number of oxime groups is 1. The van der Waals surface area contributed by atoms with Gasteiger partial charge in [-0.05, 0) is 47.5 Å². The van der Waals surface area contributed by atoms with Gasteiger partial charge in [0.15, 0.2) is 6.10 Å². The maximum atomic E-state index is 14.3. The van der Waals surface area contributed by atoms with Gasteiger partial charge < -0.3 is 9.74 Å². The van der Waals surface area contributed by atoms with Crippen molar-refractivity contribution < 1.29 is 31.6 Å². The third kappa shape index (κ3) is 5.41. The Kier molecular flexibility index (Phi) is 6.63. The van der Waals surface area contributed by atoms with E-state index in [9.17, 15) is 26.7 Å². The Morgan fingerprint density at radius 2 is 1.65 bits per heavy atom. The minimum absolute atomic E-state index is 0.0163. The van der Waals surface area contributed by atoms with E-state index in [1.54, 1.807) is 12.1 Å². The van der Waals surface area contributed by atoms with Gasteiger partial charge in [0.25, 0.3) is 5.91 Å². The predicted molar refractivity (Wildman–Crippen MR) is 115 cm³/mol. The third-order valence-electron chi connectivity index (χ3n) is 5.38. The van der Waals surface area contributed by atoms with Crippen LogP contribution in [-0.2, 0) is 17.6 Å². The molecule has 0 aromatic heterocycles. The zero-order valence-corrected chi connectivity index (χ0v) is 17.7. The molecule has 0 bridgehead atoms. The molecule has 1 amide bonds. The summed E-state index contributed by atoms with van der Waals surface area (Å²) in [6, 6.07) is 15.6. The standard InChI is InChI=1S/C25H19F5N2O2/c26-19-11-7-17(8-12-19)23-13-20(34-31-23)15-32(24(33)21-3-1-2-4-22(21)27)14-16-5-9-18(10-6-16)25(28,29)30/h1-12,20H,13-15H2. The molecule has 0 spiro atoms. The van der Waals surface area contributed by atoms with E-state index in [4.69, 9.17) is 4.84 Å². The molecule has 1 aliphatic rings. The number of alkyl halides is 3. The van der Waals surface area contributed by atoms with Crippen molar-refractivity contribution in [3.8, 4) is 0 Å². The molecule has 1 unspecified atom stereocenters. The van der Waals surface area contributed by atoms with Gasteiger partial charge in [-0.1, -0.05) is 41.6 Å². The number of benzene rings is 3. The fourth-order valence-corrected chi connectivity index (χ4v) is 3.63. The van der Waals surface area contributed by atoms with E-state index in [-0.39, 0.29) is 18.7 Å². The van der Waals surface area contributed by atoms with E-state index in [0.717, 1.165) is 18.2 Å². The topological polar surface area (TPSA) is 41.9 Å². The molecule has 1 atom stereocenters. The van der Waals surface area contributed by atoms with E-state index in [1.807, 2.05) is 0 Å². The highest BCUT2D eigenvalue weighted by molar-refractivity contribution is 6.01. The Labute approximate surface area is 192 Å². The molecule has 0 saturated carbocycles. The van der Waals surface area contributed by atoms with Crippen molar-refractivity contribution >= 4 is 11.6 Å². The molecule has 176 valence electrons. The van der Waals surface area contributed by atoms with Crippen molar-refractivity contribution in [1.82, 2.24) is 4.90 Å². The van der Waals surface area contributed by atoms with Crippen LogP contribution < -0.4 is 0 Å². The number of hydrogen-bond acceptors (Lipinski definition) is 3. The molecule has 9 heteroatoms. The molecule has 4 rings (SSSR count). The molecule has 0 radical (unpaired) electrons. The second kappa shape index (κ2) is 9.62. The fourth-order valence-electron chi connectivity index (χ4n) is 3.63. The second-order valence-corrected chi connectivity index (χ2v) is 7.84. The SMILES string of the molecule is O=C(c1ccccc1F)N(Cc1ccc(C(F)(F)F)cc1)CC1CC(c2ccc(F)cc2)=NO1. The summed E-state index contributed by atoms with van der Waals surface area (Å²) in [5.74, 6) is -1.73. The molecule has 0 aliphatic carbocycles. The van der Waals surface area contributed by atoms with Gasteiger partial charge in [-0.2, -0.15) is 13.2 Å². The summed E-state index contributed by atoms with van der Waals surface area (Å²) < 4.78 is 66.2. The molecular formula is C25H19F5N2O2. The first-order valence-electron chi connectivity index (χ1n) is 10.4. The summed E-state index contributed by atoms with van der Waals surface area (Å²) in [6.45, 7) is -0.0422. The van der Waals surface area contributed by atoms with Crippen LogP contribution in [0.5, 0.6) is 0 Å². The van der Waals surface area contributed by atoms with Crippen LogP contribution in [0.3, 0.4) is 0 Å². The number of halogens is 5. The van der Waals surface area contributed by atoms with Gasteiger partial charge in [-0.25, -0.2) is 8.78 Å². The molecule has 1 heterocycles. The molecule has 3 aromatic carbocycles. The fraction of sp³-hybridized carbons (Fsp3) is 0.200. The van der Waals surface area contributed by atoms with Crippen molar-refractivity contribution in [3.05, 3.63) is 107 Å². The summed E-state index contributed by atoms with van der Waals surface area (Å²) in [6.07, 6.45) is -4.72. The van der Waals surface area contributed by atoms with Crippen LogP contribution in [0.4, 0.5) is 22.0 Å². The van der Waals surface area contributed by atoms with Crippen molar-refractivity contribution in [2.45, 2.75) is 25.2 Å². The smallest absolute Gasteiger partial charge is 0.390 e. The molecular weight excluding hydrogens is 455 g/mol. The number of carbonyl (C=O) groups is 1. The third-order valence-corrected chi connectivity index (χ3v) is 5.38. The predicted octanol–water partition coefficient (Wildman–Crippen LogP) is 5.82. The summed E-state index contributed by atoms with van der Waals surface area (Å²) >= 11 is 0. The average Bonchev–Trinajstić information content (AvgIpc) is 3.27. The molecule has 0 N–H and O–H groups in total. The summed E-state index contributed by atoms with van der Waals surface area (Å²) in [5, 5.41) is 4.02. The Morgan fingerprint density at radius 3 is 2.29 bits per heavy atom. The molecule has 4 nitrogen and oxygen atoms in total. The monoisotopic (exact) mass is 474 g/mol. The van der Waals surface area contributed by atoms with Gasteiger partial charge in [0, 0.05) is 13.0 Å². The maximum Gasteiger partial charge on any atom is 0.416 e. The van der Waals surface area contributed by atoms with Crippen LogP contribution in [0.25, 0.3) is 0 Å². The van der Waals surface area contributed by atoms with Crippen LogP contribution in [-0.4, -0.2) is 29.2 Å². The van der Waals surface area contributed by atoms with Gasteiger partial charge in [-0.3, -0.25) is 4.79 Å². The lowest BCUT2D eigenvalue weighted by atomic mass is 10.0. The molecule has 0 saturated heterocycles. The number of rotatable bonds is 6. The summed E-state index contributed by atoms with van der Waals surface area (Å²) in [4.78, 5) is 19.9. The minimum atomic E-state index is -4.48. The zero-order valence-electron chi connectivity index (χ0n) is 17.7. The van der Waals surface area contributed by atoms with Crippen LogP contribution in [0.2, 0.25) is 0 Å². The van der Waals surface area contributed by atoms with Crippen LogP contribution in [0.15, 0.2) is 78.0 Å². The maximum absolute atomic E-state index is 14.3. The first-order valence-corrected chi connectivity index (χ1v) is 10.4. The van der Waals surface area contributed by atoms with Gasteiger partial charge in [0.2, 0.25) is 0 Å². The van der Waals surface area contributed by atoms with Crippen molar-refractivity contribution in [2.24, 2.45) is 5.16 Å². The molecule has 34 heavy (non-hydrogen) atoms. The van der Waals surface area contributed by atoms with E-state index in [1.165, 1.54) is 47.4 Å². The van der Waals surface area contributed by atoms with Gasteiger partial charge in [-0.15, -0.1) is 0 Å². The van der Waals surface area contributed by atoms with Crippen LogP contribution >= 0.6 is 0 Å². The van der Waals surface area contributed by atoms with Crippen LogP contribution in [0.1, 0.15) is 33.5 Å². The largest absolute Gasteiger partial charge is 0.416 e. The Hall–Kier alpha value is -3.75. The highest BCUT2D eigenvalue weighted by Gasteiger charge is 2.31. The molecule has 3 aromatic rings. The first-order chi connectivity index (χ1) is 16.2. The van der Waals surface area contributed by atoms with Gasteiger partial charge in [0.1, 0.15) is 11.6 Å².